The summed E-state index contributed by atoms with van der Waals surface area (Å²) in [5.74, 6) is 0.194. The predicted molar refractivity (Wildman–Crippen MR) is 139 cm³/mol. The van der Waals surface area contributed by atoms with Crippen LogP contribution in [-0.2, 0) is 17.9 Å². The summed E-state index contributed by atoms with van der Waals surface area (Å²) in [4.78, 5) is 24.0. The first-order valence-electron chi connectivity index (χ1n) is 11.8. The summed E-state index contributed by atoms with van der Waals surface area (Å²) in [5.41, 5.74) is 2.85. The molecule has 1 amide bonds. The van der Waals surface area contributed by atoms with Gasteiger partial charge in [-0.25, -0.2) is 9.36 Å². The Labute approximate surface area is 228 Å². The maximum absolute atomic E-state index is 12.2. The van der Waals surface area contributed by atoms with Crippen molar-refractivity contribution < 1.29 is 45.0 Å². The van der Waals surface area contributed by atoms with Crippen LogP contribution in [0, 0.1) is 0 Å². The van der Waals surface area contributed by atoms with Crippen LogP contribution in [0.15, 0.2) is 99.0 Å². The first-order chi connectivity index (χ1) is 18.1. The molecule has 3 aromatic heterocycles. The highest BCUT2D eigenvalue weighted by Crippen LogP contribution is 2.34. The fourth-order valence-electron chi connectivity index (χ4n) is 3.94. The van der Waals surface area contributed by atoms with E-state index in [0.29, 0.717) is 42.2 Å². The minimum Gasteiger partial charge on any atom is -1.00 e. The quantitative estimate of drug-likeness (QED) is 0.119. The number of nitrogens with zero attached hydrogens (tertiary/aromatic N) is 1. The lowest BCUT2D eigenvalue weighted by Gasteiger charge is -2.08. The molecule has 38 heavy (non-hydrogen) atoms. The Morgan fingerprint density at radius 1 is 1.00 bits per heavy atom. The van der Waals surface area contributed by atoms with E-state index in [-0.39, 0.29) is 29.5 Å². The number of hydrogen-bond donors (Lipinski definition) is 2. The molecule has 0 spiro atoms. The third-order valence-electron chi connectivity index (χ3n) is 5.84. The van der Waals surface area contributed by atoms with Crippen molar-refractivity contribution >= 4 is 39.6 Å². The summed E-state index contributed by atoms with van der Waals surface area (Å²) < 4.78 is 18.9. The van der Waals surface area contributed by atoms with Crippen LogP contribution in [0.25, 0.3) is 28.0 Å². The molecule has 0 unspecified atom stereocenters. The number of carbonyl (C=O) groups excluding carboxylic acids is 1. The van der Waals surface area contributed by atoms with Crippen LogP contribution in [0.5, 0.6) is 5.75 Å². The number of fused-ring (bicyclic) bond motifs is 2. The zero-order chi connectivity index (χ0) is 25.6. The van der Waals surface area contributed by atoms with Gasteiger partial charge in [0.15, 0.2) is 30.1 Å². The zero-order valence-corrected chi connectivity index (χ0v) is 21.9. The minimum atomic E-state index is -0.446. The Hall–Kier alpha value is -4.21. The Balaban J connectivity index is 0.00000336. The van der Waals surface area contributed by atoms with Crippen molar-refractivity contribution in [1.29, 1.82) is 0 Å². The molecule has 0 atom stereocenters. The van der Waals surface area contributed by atoms with Crippen molar-refractivity contribution in [2.45, 2.75) is 19.6 Å². The number of rotatable bonds is 9. The number of aromatic nitrogens is 1. The number of ether oxygens (including phenoxy) is 1. The molecule has 5 rings (SSSR count). The third-order valence-corrected chi connectivity index (χ3v) is 5.84. The zero-order valence-electron chi connectivity index (χ0n) is 20.3. The lowest BCUT2D eigenvalue weighted by atomic mass is 10.1. The van der Waals surface area contributed by atoms with Crippen LogP contribution in [0.2, 0.25) is 0 Å². The summed E-state index contributed by atoms with van der Waals surface area (Å²) >= 11 is 0. The summed E-state index contributed by atoms with van der Waals surface area (Å²) in [5, 5.41) is 13.6. The molecule has 0 fully saturated rings. The Morgan fingerprint density at radius 2 is 1.76 bits per heavy atom. The van der Waals surface area contributed by atoms with E-state index in [0.717, 1.165) is 21.9 Å². The van der Waals surface area contributed by atoms with E-state index in [9.17, 15) is 9.59 Å². The summed E-state index contributed by atoms with van der Waals surface area (Å²) in [6, 6.07) is 17.8. The van der Waals surface area contributed by atoms with Gasteiger partial charge in [0, 0.05) is 41.5 Å². The molecule has 5 aromatic rings. The number of anilines is 1. The van der Waals surface area contributed by atoms with E-state index < -0.39 is 5.63 Å². The second-order valence-corrected chi connectivity index (χ2v) is 8.47. The van der Waals surface area contributed by atoms with E-state index in [1.807, 2.05) is 65.5 Å². The second-order valence-electron chi connectivity index (χ2n) is 8.47. The number of amides is 1. The van der Waals surface area contributed by atoms with Crippen LogP contribution in [0.1, 0.15) is 17.5 Å². The largest absolute Gasteiger partial charge is 1.00 e. The van der Waals surface area contributed by atoms with Crippen LogP contribution in [0.4, 0.5) is 5.69 Å². The van der Waals surface area contributed by atoms with Gasteiger partial charge in [0.1, 0.15) is 0 Å². The van der Waals surface area contributed by atoms with Crippen molar-refractivity contribution in [2.24, 2.45) is 0 Å². The summed E-state index contributed by atoms with van der Waals surface area (Å²) in [7, 11) is 0. The van der Waals surface area contributed by atoms with E-state index >= 15 is 0 Å². The standard InChI is InChI=1S/C29H24N2O6.BrH/c32-19-21-4-2-20(3-5-21)6-8-25(33)30-24-10-14-31(15-11-24)13-1-16-35-29-27-23(12-17-36-27)18-22-7-9-26(34)37-28(22)29;/h2-12,14-15,17-18,32H,1,13,16,19H2;1H/b8-6+;. The van der Waals surface area contributed by atoms with Gasteiger partial charge in [-0.1, -0.05) is 24.3 Å². The van der Waals surface area contributed by atoms with Gasteiger partial charge >= 0.3 is 5.63 Å². The van der Waals surface area contributed by atoms with E-state index in [1.54, 1.807) is 18.4 Å². The van der Waals surface area contributed by atoms with Crippen molar-refractivity contribution in [3.8, 4) is 5.75 Å². The van der Waals surface area contributed by atoms with E-state index in [4.69, 9.17) is 18.7 Å². The lowest BCUT2D eigenvalue weighted by molar-refractivity contribution is -0.697. The molecule has 8 nitrogen and oxygen atoms in total. The van der Waals surface area contributed by atoms with Crippen molar-refractivity contribution in [1.82, 2.24) is 0 Å². The molecule has 2 aromatic carbocycles. The van der Waals surface area contributed by atoms with Gasteiger partial charge in [-0.15, -0.1) is 0 Å². The molecular formula is C29H25BrN2O6. The average molecular weight is 577 g/mol. The van der Waals surface area contributed by atoms with Gasteiger partial charge in [0.05, 0.1) is 25.2 Å². The maximum Gasteiger partial charge on any atom is 0.336 e. The van der Waals surface area contributed by atoms with Gasteiger partial charge in [-0.2, -0.15) is 0 Å². The van der Waals surface area contributed by atoms with Crippen LogP contribution in [0.3, 0.4) is 0 Å². The van der Waals surface area contributed by atoms with Gasteiger partial charge < -0.3 is 41.0 Å². The molecule has 0 aliphatic heterocycles. The Bertz CT molecular complexity index is 1620. The number of pyridine rings is 1. The van der Waals surface area contributed by atoms with Gasteiger partial charge in [0.25, 0.3) is 0 Å². The van der Waals surface area contributed by atoms with Gasteiger partial charge in [0.2, 0.25) is 11.7 Å². The molecule has 0 bridgehead atoms. The molecule has 9 heteroatoms. The highest BCUT2D eigenvalue weighted by Gasteiger charge is 2.15. The van der Waals surface area contributed by atoms with Gasteiger partial charge in [-0.05, 0) is 35.4 Å². The van der Waals surface area contributed by atoms with E-state index in [1.165, 1.54) is 12.1 Å². The number of carbonyl (C=O) groups is 1. The highest BCUT2D eigenvalue weighted by molar-refractivity contribution is 6.02. The summed E-state index contributed by atoms with van der Waals surface area (Å²) in [6.45, 7) is 1.07. The first-order valence-corrected chi connectivity index (χ1v) is 11.8. The van der Waals surface area contributed by atoms with Crippen LogP contribution < -0.4 is 37.2 Å². The second kappa shape index (κ2) is 12.4. The molecule has 194 valence electrons. The molecule has 0 aliphatic carbocycles. The molecular weight excluding hydrogens is 552 g/mol. The summed E-state index contributed by atoms with van der Waals surface area (Å²) in [6.07, 6.45) is 9.23. The average Bonchev–Trinajstić information content (AvgIpc) is 3.39. The third kappa shape index (κ3) is 6.37. The number of aryl methyl sites for hydroxylation is 1. The van der Waals surface area contributed by atoms with Crippen LogP contribution >= 0.6 is 0 Å². The first kappa shape index (κ1) is 26.8. The minimum absolute atomic E-state index is 0. The Morgan fingerprint density at radius 3 is 2.53 bits per heavy atom. The topological polar surface area (TPSA) is 106 Å². The Kier molecular flexibility index (Phi) is 8.73. The van der Waals surface area contributed by atoms with Crippen molar-refractivity contribution in [3.63, 3.8) is 0 Å². The predicted octanol–water partition coefficient (Wildman–Crippen LogP) is 1.44. The van der Waals surface area contributed by atoms with Crippen LogP contribution in [-0.4, -0.2) is 17.6 Å². The SMILES string of the molecule is O=C(/C=C/c1ccc(CO)cc1)Nc1cc[n+](CCCOc2c3occc3cc3ccc(=O)oc23)cc1.[Br-]. The van der Waals surface area contributed by atoms with Crippen molar-refractivity contribution in [2.75, 3.05) is 11.9 Å². The molecule has 0 saturated heterocycles. The molecule has 0 aliphatic rings. The molecule has 2 N–H and O–H groups in total. The number of nitrogens with one attached hydrogen (secondary N) is 1. The monoisotopic (exact) mass is 576 g/mol. The lowest BCUT2D eigenvalue weighted by Crippen LogP contribution is -3.00. The van der Waals surface area contributed by atoms with Crippen molar-refractivity contribution in [3.05, 3.63) is 107 Å². The molecule has 0 radical (unpaired) electrons. The fourth-order valence-corrected chi connectivity index (χ4v) is 3.94. The van der Waals surface area contributed by atoms with E-state index in [2.05, 4.69) is 5.32 Å². The normalized spacial score (nSPS) is 11.1. The number of furan rings is 1. The maximum atomic E-state index is 12.2. The number of aliphatic hydroxyl groups is 1. The van der Waals surface area contributed by atoms with Gasteiger partial charge in [-0.3, -0.25) is 4.79 Å². The molecule has 3 heterocycles. The number of halogens is 1. The fraction of sp³-hybridized carbons (Fsp3) is 0.138. The molecule has 0 saturated carbocycles. The number of aliphatic hydroxyl groups excluding tert-OH is 1. The number of benzene rings is 2. The number of hydrogen-bond acceptors (Lipinski definition) is 6. The highest BCUT2D eigenvalue weighted by atomic mass is 79.9. The smallest absolute Gasteiger partial charge is 0.336 e.